The zero-order valence-corrected chi connectivity index (χ0v) is 14.6. The largest absolute Gasteiger partial charge is 0.486 e. The van der Waals surface area contributed by atoms with E-state index in [1.165, 1.54) is 6.07 Å². The van der Waals surface area contributed by atoms with Crippen molar-refractivity contribution >= 4 is 5.96 Å². The highest BCUT2D eigenvalue weighted by molar-refractivity contribution is 5.79. The Bertz CT molecular complexity index is 709. The Balaban J connectivity index is 1.80. The van der Waals surface area contributed by atoms with Gasteiger partial charge in [0.05, 0.1) is 25.9 Å². The summed E-state index contributed by atoms with van der Waals surface area (Å²) in [6.45, 7) is 2.83. The van der Waals surface area contributed by atoms with Crippen molar-refractivity contribution in [1.82, 2.24) is 15.6 Å². The van der Waals surface area contributed by atoms with E-state index in [2.05, 4.69) is 20.6 Å². The third kappa shape index (κ3) is 5.95. The molecule has 0 fully saturated rings. The van der Waals surface area contributed by atoms with Crippen LogP contribution >= 0.6 is 0 Å². The molecule has 0 bridgehead atoms. The summed E-state index contributed by atoms with van der Waals surface area (Å²) in [5.41, 5.74) is 0.831. The molecule has 0 radical (unpaired) electrons. The summed E-state index contributed by atoms with van der Waals surface area (Å²) in [4.78, 5) is 8.47. The van der Waals surface area contributed by atoms with Crippen LogP contribution in [0.25, 0.3) is 0 Å². The Kier molecular flexibility index (Phi) is 7.00. The summed E-state index contributed by atoms with van der Waals surface area (Å²) < 4.78 is 24.3. The highest BCUT2D eigenvalue weighted by Gasteiger charge is 2.09. The van der Waals surface area contributed by atoms with Gasteiger partial charge in [0.25, 0.3) is 0 Å². The van der Waals surface area contributed by atoms with Crippen LogP contribution in [0.3, 0.4) is 0 Å². The molecule has 2 aromatic rings. The molecule has 0 aliphatic rings. The topological polar surface area (TPSA) is 67.8 Å². The van der Waals surface area contributed by atoms with Gasteiger partial charge in [-0.05, 0) is 25.1 Å². The van der Waals surface area contributed by atoms with Gasteiger partial charge < -0.3 is 20.1 Å². The number of aliphatic imine (C=N–C) groups is 1. The summed E-state index contributed by atoms with van der Waals surface area (Å²) in [7, 11) is 3.26. The molecular formula is C18H23FN4O2. The van der Waals surface area contributed by atoms with E-state index in [-0.39, 0.29) is 17.7 Å². The van der Waals surface area contributed by atoms with E-state index < -0.39 is 0 Å². The molecule has 0 saturated heterocycles. The molecule has 1 atom stereocenters. The Morgan fingerprint density at radius 2 is 2.00 bits per heavy atom. The van der Waals surface area contributed by atoms with Crippen molar-refractivity contribution in [3.8, 4) is 11.6 Å². The highest BCUT2D eigenvalue weighted by atomic mass is 19.1. The van der Waals surface area contributed by atoms with Gasteiger partial charge in [-0.25, -0.2) is 9.37 Å². The van der Waals surface area contributed by atoms with Crippen LogP contribution in [-0.2, 0) is 6.54 Å². The van der Waals surface area contributed by atoms with Crippen molar-refractivity contribution in [3.05, 3.63) is 54.0 Å². The van der Waals surface area contributed by atoms with Crippen LogP contribution in [-0.4, -0.2) is 37.7 Å². The molecule has 2 N–H and O–H groups in total. The molecule has 134 valence electrons. The Hall–Kier alpha value is -2.83. The quantitative estimate of drug-likeness (QED) is 0.595. The van der Waals surface area contributed by atoms with Crippen molar-refractivity contribution in [1.29, 1.82) is 0 Å². The molecule has 2 rings (SSSR count). The smallest absolute Gasteiger partial charge is 0.213 e. The van der Waals surface area contributed by atoms with Crippen LogP contribution in [0.4, 0.5) is 4.39 Å². The molecule has 0 saturated carbocycles. The second-order valence-corrected chi connectivity index (χ2v) is 5.34. The van der Waals surface area contributed by atoms with Crippen molar-refractivity contribution < 1.29 is 13.9 Å². The molecule has 0 aliphatic heterocycles. The van der Waals surface area contributed by atoms with Gasteiger partial charge >= 0.3 is 0 Å². The molecule has 0 aliphatic carbocycles. The molecular weight excluding hydrogens is 323 g/mol. The average Bonchev–Trinajstić information content (AvgIpc) is 2.64. The van der Waals surface area contributed by atoms with Crippen LogP contribution in [0, 0.1) is 5.82 Å². The van der Waals surface area contributed by atoms with Gasteiger partial charge in [0.15, 0.2) is 17.5 Å². The standard InChI is InChI=1S/C18H23FN4O2/c1-13(25-16-9-5-4-8-15(16)19)11-21-18(20-2)22-12-14-7-6-10-17(23-14)24-3/h4-10,13H,11-12H2,1-3H3,(H2,20,21,22). The molecule has 1 heterocycles. The predicted molar refractivity (Wildman–Crippen MR) is 95.5 cm³/mol. The summed E-state index contributed by atoms with van der Waals surface area (Å²) in [6, 6.07) is 11.9. The van der Waals surface area contributed by atoms with Crippen LogP contribution in [0.5, 0.6) is 11.6 Å². The molecule has 6 nitrogen and oxygen atoms in total. The number of methoxy groups -OCH3 is 1. The maximum Gasteiger partial charge on any atom is 0.213 e. The fourth-order valence-corrected chi connectivity index (χ4v) is 2.10. The maximum absolute atomic E-state index is 13.6. The third-order valence-electron chi connectivity index (χ3n) is 3.37. The van der Waals surface area contributed by atoms with E-state index in [0.717, 1.165) is 5.69 Å². The second-order valence-electron chi connectivity index (χ2n) is 5.34. The normalized spacial score (nSPS) is 12.4. The molecule has 7 heteroatoms. The van der Waals surface area contributed by atoms with Gasteiger partial charge in [-0.15, -0.1) is 0 Å². The van der Waals surface area contributed by atoms with Gasteiger partial charge in [0, 0.05) is 13.1 Å². The number of benzene rings is 1. The first-order valence-electron chi connectivity index (χ1n) is 7.98. The van der Waals surface area contributed by atoms with Crippen molar-refractivity contribution in [2.24, 2.45) is 4.99 Å². The monoisotopic (exact) mass is 346 g/mol. The van der Waals surface area contributed by atoms with Crippen LogP contribution in [0.2, 0.25) is 0 Å². The van der Waals surface area contributed by atoms with E-state index >= 15 is 0 Å². The average molecular weight is 346 g/mol. The fourth-order valence-electron chi connectivity index (χ4n) is 2.10. The third-order valence-corrected chi connectivity index (χ3v) is 3.37. The zero-order valence-electron chi connectivity index (χ0n) is 14.6. The lowest BCUT2D eigenvalue weighted by atomic mass is 10.3. The molecule has 1 unspecified atom stereocenters. The zero-order chi connectivity index (χ0) is 18.1. The van der Waals surface area contributed by atoms with Crippen molar-refractivity contribution in [2.45, 2.75) is 19.6 Å². The van der Waals surface area contributed by atoms with E-state index in [0.29, 0.717) is 24.9 Å². The Morgan fingerprint density at radius 1 is 1.20 bits per heavy atom. The number of hydrogen-bond donors (Lipinski definition) is 2. The Morgan fingerprint density at radius 3 is 2.72 bits per heavy atom. The van der Waals surface area contributed by atoms with E-state index in [9.17, 15) is 4.39 Å². The van der Waals surface area contributed by atoms with E-state index in [1.54, 1.807) is 38.4 Å². The van der Waals surface area contributed by atoms with Gasteiger partial charge in [-0.1, -0.05) is 18.2 Å². The number of nitrogens with one attached hydrogen (secondary N) is 2. The number of pyridine rings is 1. The number of para-hydroxylation sites is 1. The number of aromatic nitrogens is 1. The summed E-state index contributed by atoms with van der Waals surface area (Å²) in [5, 5.41) is 6.30. The van der Waals surface area contributed by atoms with Crippen molar-refractivity contribution in [3.63, 3.8) is 0 Å². The van der Waals surface area contributed by atoms with Crippen LogP contribution in [0.15, 0.2) is 47.5 Å². The lowest BCUT2D eigenvalue weighted by molar-refractivity contribution is 0.214. The van der Waals surface area contributed by atoms with Gasteiger partial charge in [0.1, 0.15) is 6.10 Å². The lowest BCUT2D eigenvalue weighted by Crippen LogP contribution is -2.41. The SMILES string of the molecule is CN=C(NCc1cccc(OC)n1)NCC(C)Oc1ccccc1F. The van der Waals surface area contributed by atoms with E-state index in [4.69, 9.17) is 9.47 Å². The van der Waals surface area contributed by atoms with Crippen LogP contribution in [0.1, 0.15) is 12.6 Å². The van der Waals surface area contributed by atoms with Crippen LogP contribution < -0.4 is 20.1 Å². The predicted octanol–water partition coefficient (Wildman–Crippen LogP) is 2.36. The van der Waals surface area contributed by atoms with Gasteiger partial charge in [-0.2, -0.15) is 0 Å². The Labute approximate surface area is 147 Å². The molecule has 1 aromatic carbocycles. The van der Waals surface area contributed by atoms with Crippen molar-refractivity contribution in [2.75, 3.05) is 20.7 Å². The minimum Gasteiger partial charge on any atom is -0.486 e. The number of halogens is 1. The molecule has 0 spiro atoms. The van der Waals surface area contributed by atoms with Gasteiger partial charge in [-0.3, -0.25) is 4.99 Å². The second kappa shape index (κ2) is 9.46. The number of ether oxygens (including phenoxy) is 2. The fraction of sp³-hybridized carbons (Fsp3) is 0.333. The number of nitrogens with zero attached hydrogens (tertiary/aromatic N) is 2. The molecule has 25 heavy (non-hydrogen) atoms. The highest BCUT2D eigenvalue weighted by Crippen LogP contribution is 2.16. The lowest BCUT2D eigenvalue weighted by Gasteiger charge is -2.18. The number of rotatable bonds is 7. The number of hydrogen-bond acceptors (Lipinski definition) is 4. The maximum atomic E-state index is 13.6. The number of guanidine groups is 1. The summed E-state index contributed by atoms with van der Waals surface area (Å²) >= 11 is 0. The minimum atomic E-state index is -0.374. The summed E-state index contributed by atoms with van der Waals surface area (Å²) in [6.07, 6.45) is -0.231. The minimum absolute atomic E-state index is 0.231. The molecule has 0 amide bonds. The molecule has 1 aromatic heterocycles. The first-order chi connectivity index (χ1) is 12.1. The first kappa shape index (κ1) is 18.5. The first-order valence-corrected chi connectivity index (χ1v) is 7.98. The summed E-state index contributed by atoms with van der Waals surface area (Å²) in [5.74, 6) is 1.03. The van der Waals surface area contributed by atoms with Gasteiger partial charge in [0.2, 0.25) is 5.88 Å². The van der Waals surface area contributed by atoms with E-state index in [1.807, 2.05) is 19.1 Å².